The van der Waals surface area contributed by atoms with Crippen molar-refractivity contribution in [2.45, 2.75) is 25.9 Å². The summed E-state index contributed by atoms with van der Waals surface area (Å²) in [4.78, 5) is 13.8. The summed E-state index contributed by atoms with van der Waals surface area (Å²) in [7, 11) is 0. The second kappa shape index (κ2) is 6.26. The number of piperidine rings is 1. The molecule has 0 bridgehead atoms. The average Bonchev–Trinajstić information content (AvgIpc) is 2.39. The summed E-state index contributed by atoms with van der Waals surface area (Å²) in [6, 6.07) is 7.00. The van der Waals surface area contributed by atoms with Crippen LogP contribution in [0.15, 0.2) is 24.3 Å². The molecule has 1 fully saturated rings. The molecule has 1 aliphatic rings. The predicted octanol–water partition coefficient (Wildman–Crippen LogP) is 2.96. The van der Waals surface area contributed by atoms with Crippen molar-refractivity contribution in [3.05, 3.63) is 29.3 Å². The van der Waals surface area contributed by atoms with Gasteiger partial charge in [0, 0.05) is 23.8 Å². The lowest BCUT2D eigenvalue weighted by Crippen LogP contribution is -2.42. The molecule has 0 radical (unpaired) electrons. The normalized spacial score (nSPS) is 18.2. The Hall–Kier alpha value is -1.26. The van der Waals surface area contributed by atoms with Crippen molar-refractivity contribution in [2.24, 2.45) is 5.92 Å². The van der Waals surface area contributed by atoms with E-state index in [0.29, 0.717) is 29.7 Å². The number of hydrogen-bond acceptors (Lipinski definition) is 2. The molecule has 4 nitrogen and oxygen atoms in total. The standard InChI is InChI=1S/C14H19ClN2O2/c1-10(18)11-5-7-17(8-6-11)14(19)16-13-4-2-3-12(15)9-13/h2-4,9-11,18H,5-8H2,1H3,(H,16,19). The van der Waals surface area contributed by atoms with Gasteiger partial charge in [-0.2, -0.15) is 0 Å². The fraction of sp³-hybridized carbons (Fsp3) is 0.500. The van der Waals surface area contributed by atoms with E-state index in [0.717, 1.165) is 12.8 Å². The van der Waals surface area contributed by atoms with Crippen LogP contribution in [0.2, 0.25) is 5.02 Å². The molecule has 1 aliphatic heterocycles. The molecule has 2 rings (SSSR count). The maximum atomic E-state index is 12.1. The van der Waals surface area contributed by atoms with Crippen molar-refractivity contribution in [1.82, 2.24) is 4.90 Å². The number of rotatable bonds is 2. The highest BCUT2D eigenvalue weighted by molar-refractivity contribution is 6.30. The van der Waals surface area contributed by atoms with E-state index >= 15 is 0 Å². The molecule has 1 atom stereocenters. The Morgan fingerprint density at radius 3 is 2.74 bits per heavy atom. The Morgan fingerprint density at radius 1 is 1.47 bits per heavy atom. The van der Waals surface area contributed by atoms with Crippen molar-refractivity contribution in [2.75, 3.05) is 18.4 Å². The number of carbonyl (C=O) groups excluding carboxylic acids is 1. The summed E-state index contributed by atoms with van der Waals surface area (Å²) in [6.45, 7) is 3.18. The highest BCUT2D eigenvalue weighted by Gasteiger charge is 2.25. The van der Waals surface area contributed by atoms with Crippen LogP contribution in [0.3, 0.4) is 0 Å². The second-order valence-corrected chi connectivity index (χ2v) is 5.44. The van der Waals surface area contributed by atoms with Crippen LogP contribution in [0, 0.1) is 5.92 Å². The van der Waals surface area contributed by atoms with Crippen LogP contribution >= 0.6 is 11.6 Å². The van der Waals surface area contributed by atoms with Gasteiger partial charge in [-0.3, -0.25) is 0 Å². The second-order valence-electron chi connectivity index (χ2n) is 5.01. The summed E-state index contributed by atoms with van der Waals surface area (Å²) >= 11 is 5.88. The van der Waals surface area contributed by atoms with Gasteiger partial charge in [0.1, 0.15) is 0 Å². The molecule has 1 saturated heterocycles. The number of aliphatic hydroxyl groups is 1. The number of aliphatic hydroxyl groups excluding tert-OH is 1. The van der Waals surface area contributed by atoms with Gasteiger partial charge >= 0.3 is 6.03 Å². The summed E-state index contributed by atoms with van der Waals surface area (Å²) in [5.41, 5.74) is 0.704. The number of nitrogens with one attached hydrogen (secondary N) is 1. The van der Waals surface area contributed by atoms with E-state index in [1.807, 2.05) is 13.0 Å². The predicted molar refractivity (Wildman–Crippen MR) is 76.4 cm³/mol. The average molecular weight is 283 g/mol. The Bertz CT molecular complexity index is 443. The van der Waals surface area contributed by atoms with E-state index in [4.69, 9.17) is 11.6 Å². The number of likely N-dealkylation sites (tertiary alicyclic amines) is 1. The number of halogens is 1. The molecule has 2 N–H and O–H groups in total. The van der Waals surface area contributed by atoms with Crippen LogP contribution in [0.1, 0.15) is 19.8 Å². The molecular formula is C14H19ClN2O2. The van der Waals surface area contributed by atoms with Crippen molar-refractivity contribution in [1.29, 1.82) is 0 Å². The van der Waals surface area contributed by atoms with E-state index < -0.39 is 0 Å². The first kappa shape index (κ1) is 14.2. The Labute approximate surface area is 118 Å². The van der Waals surface area contributed by atoms with Crippen LogP contribution in [-0.2, 0) is 0 Å². The van der Waals surface area contributed by atoms with Gasteiger partial charge in [-0.25, -0.2) is 4.79 Å². The topological polar surface area (TPSA) is 52.6 Å². The maximum Gasteiger partial charge on any atom is 0.321 e. The summed E-state index contributed by atoms with van der Waals surface area (Å²) < 4.78 is 0. The minimum Gasteiger partial charge on any atom is -0.393 e. The van der Waals surface area contributed by atoms with Crippen molar-refractivity contribution >= 4 is 23.3 Å². The zero-order valence-corrected chi connectivity index (χ0v) is 11.7. The third kappa shape index (κ3) is 3.85. The van der Waals surface area contributed by atoms with Crippen LogP contribution in [0.4, 0.5) is 10.5 Å². The lowest BCUT2D eigenvalue weighted by atomic mass is 9.92. The minimum atomic E-state index is -0.293. The Morgan fingerprint density at radius 2 is 2.16 bits per heavy atom. The fourth-order valence-corrected chi connectivity index (χ4v) is 2.54. The minimum absolute atomic E-state index is 0.105. The van der Waals surface area contributed by atoms with E-state index in [-0.39, 0.29) is 12.1 Å². The molecule has 1 heterocycles. The lowest BCUT2D eigenvalue weighted by molar-refractivity contribution is 0.0820. The molecule has 1 unspecified atom stereocenters. The van der Waals surface area contributed by atoms with Crippen molar-refractivity contribution in [3.63, 3.8) is 0 Å². The molecular weight excluding hydrogens is 264 g/mol. The molecule has 0 saturated carbocycles. The molecule has 104 valence electrons. The van der Waals surface area contributed by atoms with Crippen molar-refractivity contribution < 1.29 is 9.90 Å². The first-order chi connectivity index (χ1) is 9.06. The summed E-state index contributed by atoms with van der Waals surface area (Å²) in [6.07, 6.45) is 1.40. The molecule has 5 heteroatoms. The Balaban J connectivity index is 1.88. The SMILES string of the molecule is CC(O)C1CCN(C(=O)Nc2cccc(Cl)c2)CC1. The smallest absolute Gasteiger partial charge is 0.321 e. The lowest BCUT2D eigenvalue weighted by Gasteiger charge is -2.33. The van der Waals surface area contributed by atoms with Crippen LogP contribution in [0.25, 0.3) is 0 Å². The summed E-state index contributed by atoms with van der Waals surface area (Å²) in [5.74, 6) is 0.301. The number of amides is 2. The largest absolute Gasteiger partial charge is 0.393 e. The number of anilines is 1. The number of hydrogen-bond donors (Lipinski definition) is 2. The maximum absolute atomic E-state index is 12.1. The first-order valence-corrected chi connectivity index (χ1v) is 6.93. The van der Waals surface area contributed by atoms with E-state index in [9.17, 15) is 9.90 Å². The van der Waals surface area contributed by atoms with Crippen LogP contribution < -0.4 is 5.32 Å². The van der Waals surface area contributed by atoms with Crippen molar-refractivity contribution in [3.8, 4) is 0 Å². The van der Waals surface area contributed by atoms with Gasteiger partial charge in [0.25, 0.3) is 0 Å². The van der Waals surface area contributed by atoms with Gasteiger partial charge in [-0.05, 0) is 43.9 Å². The van der Waals surface area contributed by atoms with Crippen LogP contribution in [-0.4, -0.2) is 35.2 Å². The zero-order valence-electron chi connectivity index (χ0n) is 11.0. The summed E-state index contributed by atoms with van der Waals surface area (Å²) in [5, 5.41) is 13.0. The third-order valence-electron chi connectivity index (χ3n) is 3.58. The number of urea groups is 1. The number of carbonyl (C=O) groups is 1. The molecule has 0 spiro atoms. The molecule has 0 aliphatic carbocycles. The fourth-order valence-electron chi connectivity index (χ4n) is 2.35. The quantitative estimate of drug-likeness (QED) is 0.876. The van der Waals surface area contributed by atoms with Gasteiger partial charge < -0.3 is 15.3 Å². The first-order valence-electron chi connectivity index (χ1n) is 6.56. The molecule has 1 aromatic rings. The van der Waals surface area contributed by atoms with Gasteiger partial charge in [0.15, 0.2) is 0 Å². The van der Waals surface area contributed by atoms with Crippen LogP contribution in [0.5, 0.6) is 0 Å². The van der Waals surface area contributed by atoms with E-state index in [1.54, 1.807) is 23.1 Å². The van der Waals surface area contributed by atoms with Gasteiger partial charge in [-0.1, -0.05) is 17.7 Å². The van der Waals surface area contributed by atoms with Gasteiger partial charge in [0.05, 0.1) is 6.10 Å². The zero-order chi connectivity index (χ0) is 13.8. The molecule has 1 aromatic carbocycles. The molecule has 2 amide bonds. The Kier molecular flexibility index (Phi) is 4.66. The highest BCUT2D eigenvalue weighted by atomic mass is 35.5. The van der Waals surface area contributed by atoms with E-state index in [1.165, 1.54) is 0 Å². The van der Waals surface area contributed by atoms with E-state index in [2.05, 4.69) is 5.32 Å². The number of benzene rings is 1. The van der Waals surface area contributed by atoms with Gasteiger partial charge in [-0.15, -0.1) is 0 Å². The van der Waals surface area contributed by atoms with Gasteiger partial charge in [0.2, 0.25) is 0 Å². The molecule has 19 heavy (non-hydrogen) atoms. The number of nitrogens with zero attached hydrogens (tertiary/aromatic N) is 1. The molecule has 0 aromatic heterocycles. The third-order valence-corrected chi connectivity index (χ3v) is 3.82. The monoisotopic (exact) mass is 282 g/mol. The highest BCUT2D eigenvalue weighted by Crippen LogP contribution is 2.21.